The zero-order valence-corrected chi connectivity index (χ0v) is 67.7. The summed E-state index contributed by atoms with van der Waals surface area (Å²) in [6, 6.07) is 2.03. The summed E-state index contributed by atoms with van der Waals surface area (Å²) in [4.78, 5) is 96.3. The van der Waals surface area contributed by atoms with Crippen molar-refractivity contribution in [2.24, 2.45) is 56.7 Å². The first-order chi connectivity index (χ1) is 41.1. The van der Waals surface area contributed by atoms with Crippen LogP contribution in [0.25, 0.3) is 0 Å². The Kier molecular flexibility index (Phi) is 29.6. The number of aromatic nitrogens is 1. The first kappa shape index (κ1) is 87.0. The molecule has 5 fully saturated rings. The van der Waals surface area contributed by atoms with E-state index < -0.39 is 5.92 Å². The fourth-order valence-electron chi connectivity index (χ4n) is 13.9. The average molecular weight is 1310 g/mol. The predicted molar refractivity (Wildman–Crippen MR) is 392 cm³/mol. The summed E-state index contributed by atoms with van der Waals surface area (Å²) >= 11 is 0. The van der Waals surface area contributed by atoms with Gasteiger partial charge in [-0.15, -0.1) is 0 Å². The number of pyridine rings is 1. The summed E-state index contributed by atoms with van der Waals surface area (Å²) in [7, 11) is 0. The molecule has 540 valence electrons. The van der Waals surface area contributed by atoms with Crippen molar-refractivity contribution >= 4 is 35.3 Å². The third-order valence-corrected chi connectivity index (χ3v) is 19.3. The fraction of sp³-hybridized carbons (Fsp3) is 0.863. The van der Waals surface area contributed by atoms with Gasteiger partial charge in [0.25, 0.3) is 5.56 Å². The molecule has 93 heavy (non-hydrogen) atoms. The van der Waals surface area contributed by atoms with E-state index >= 15 is 0 Å². The molecule has 1 aromatic heterocycles. The minimum Gasteiger partial charge on any atom is -0.338 e. The molecule has 0 N–H and O–H groups in total. The number of carbonyl (C=O) groups is 6. The zero-order chi connectivity index (χ0) is 73.6. The average Bonchev–Trinajstić information content (AvgIpc) is 1.65. The Bertz CT molecular complexity index is 2530. The molecule has 5 atom stereocenters. The second kappa shape index (κ2) is 31.7. The second-order valence-electron chi connectivity index (χ2n) is 40.4. The van der Waals surface area contributed by atoms with Gasteiger partial charge in [0.15, 0.2) is 0 Å². The Balaban J connectivity index is 0.000000558. The first-order valence-electron chi connectivity index (χ1n) is 36.0. The van der Waals surface area contributed by atoms with Crippen molar-refractivity contribution < 1.29 is 28.8 Å². The molecule has 0 bridgehead atoms. The fourth-order valence-corrected chi connectivity index (χ4v) is 13.9. The van der Waals surface area contributed by atoms with E-state index in [4.69, 9.17) is 0 Å². The standard InChI is InChI=1S/C14H23NO.2C14H27NO.C13H23NO2.C13H25NO.C12H23NO/c1-10-8-9-15(14(5,6)7)12(16)11(10)13(2,3)4;2*1-13(2,3)11-9-7-8-10-15(12(11)16)14(4,5)6;1-12(2,3)10-9(15)7-8-14(11(10)16)13(4,5)6;1-12(2,3)10-8-7-9-14(11(10)15)13(4,5)6;1-11(2,3)9-7-8-13(10(9)14)12(4,5)6/h8-9H,1-7H3;2*11H,7-10H2,1-6H3;10H,7-8H2,1-6H3;10H,7-9H2,1-6H3;9H,7-8H2,1-6H3. The maximum Gasteiger partial charge on any atom is 0.255 e. The highest BCUT2D eigenvalue weighted by molar-refractivity contribution is 6.04. The van der Waals surface area contributed by atoms with Gasteiger partial charge in [0.1, 0.15) is 11.7 Å². The minimum atomic E-state index is -0.472. The highest BCUT2D eigenvalue weighted by atomic mass is 16.2. The predicted octanol–water partition coefficient (Wildman–Crippen LogP) is 18.1. The molecule has 0 spiro atoms. The number of hydrogen-bond donors (Lipinski definition) is 0. The lowest BCUT2D eigenvalue weighted by molar-refractivity contribution is -0.155. The van der Waals surface area contributed by atoms with Gasteiger partial charge < -0.3 is 29.1 Å². The summed E-state index contributed by atoms with van der Waals surface area (Å²) < 4.78 is 1.82. The van der Waals surface area contributed by atoms with Crippen LogP contribution >= 0.6 is 0 Å². The normalized spacial score (nSPS) is 22.4. The first-order valence-corrected chi connectivity index (χ1v) is 36.0. The molecule has 6 rings (SSSR count). The molecule has 0 radical (unpaired) electrons. The molecule has 5 aliphatic rings. The van der Waals surface area contributed by atoms with Crippen molar-refractivity contribution in [3.05, 3.63) is 33.7 Å². The van der Waals surface area contributed by atoms with Crippen LogP contribution in [0.1, 0.15) is 325 Å². The van der Waals surface area contributed by atoms with E-state index in [1.54, 1.807) is 0 Å². The van der Waals surface area contributed by atoms with Crippen LogP contribution in [-0.4, -0.2) is 125 Å². The Morgan fingerprint density at radius 3 is 0.849 bits per heavy atom. The minimum absolute atomic E-state index is 0.00347. The number of piperidine rings is 2. The van der Waals surface area contributed by atoms with Crippen molar-refractivity contribution in [3.63, 3.8) is 0 Å². The van der Waals surface area contributed by atoms with Gasteiger partial charge in [-0.05, 0) is 221 Å². The molecule has 0 aromatic carbocycles. The third kappa shape index (κ3) is 25.7. The monoisotopic (exact) mass is 1310 g/mol. The summed E-state index contributed by atoms with van der Waals surface area (Å²) in [6.45, 7) is 82.2. The van der Waals surface area contributed by atoms with E-state index in [9.17, 15) is 33.6 Å². The number of hydrogen-bond acceptors (Lipinski definition) is 7. The second-order valence-corrected chi connectivity index (χ2v) is 40.4. The van der Waals surface area contributed by atoms with E-state index in [-0.39, 0.29) is 107 Å². The van der Waals surface area contributed by atoms with Gasteiger partial charge >= 0.3 is 0 Å². The Morgan fingerprint density at radius 1 is 0.312 bits per heavy atom. The number of carbonyl (C=O) groups excluding carboxylic acids is 6. The van der Waals surface area contributed by atoms with Crippen LogP contribution in [-0.2, 0) is 39.7 Å². The zero-order valence-electron chi connectivity index (χ0n) is 67.7. The summed E-state index contributed by atoms with van der Waals surface area (Å²) in [5.74, 6) is 1.81. The smallest absolute Gasteiger partial charge is 0.255 e. The molecule has 0 saturated carbocycles. The Morgan fingerprint density at radius 2 is 0.591 bits per heavy atom. The number of likely N-dealkylation sites (tertiary alicyclic amines) is 5. The molecule has 0 aliphatic carbocycles. The molecular formula is C80H148N6O7. The Hall–Kier alpha value is -4.03. The van der Waals surface area contributed by atoms with E-state index in [0.717, 1.165) is 82.3 Å². The van der Waals surface area contributed by atoms with Gasteiger partial charge in [-0.1, -0.05) is 137 Å². The largest absolute Gasteiger partial charge is 0.338 e. The van der Waals surface area contributed by atoms with Gasteiger partial charge in [-0.3, -0.25) is 33.6 Å². The molecule has 5 unspecified atom stereocenters. The molecule has 6 heterocycles. The van der Waals surface area contributed by atoms with Crippen LogP contribution in [0.2, 0.25) is 0 Å². The van der Waals surface area contributed by atoms with Crippen LogP contribution in [0.3, 0.4) is 0 Å². The molecule has 1 aromatic rings. The highest BCUT2D eigenvalue weighted by Gasteiger charge is 2.47. The van der Waals surface area contributed by atoms with Gasteiger partial charge in [-0.25, -0.2) is 0 Å². The maximum atomic E-state index is 12.6. The lowest BCUT2D eigenvalue weighted by atomic mass is 9.74. The van der Waals surface area contributed by atoms with E-state index in [0.29, 0.717) is 36.6 Å². The number of ketones is 1. The van der Waals surface area contributed by atoms with Crippen LogP contribution in [0.5, 0.6) is 0 Å². The van der Waals surface area contributed by atoms with Crippen molar-refractivity contribution in [1.29, 1.82) is 0 Å². The van der Waals surface area contributed by atoms with Crippen molar-refractivity contribution in [2.45, 2.75) is 359 Å². The van der Waals surface area contributed by atoms with Crippen molar-refractivity contribution in [1.82, 2.24) is 29.1 Å². The summed E-state index contributed by atoms with van der Waals surface area (Å²) in [6.07, 6.45) is 12.4. The SMILES string of the molecule is CC(C)(C)C1C(=O)CCN(C(C)(C)C)C1=O.CC(C)(C)C1CCCCN(C(C)(C)C)C1=O.CC(C)(C)C1CCCCN(C(C)(C)C)C1=O.CC(C)(C)C1CCCN(C(C)(C)C)C1=O.CC(C)(C)C1CCN(C(C)(C)C)C1=O.Cc1ccn(C(C)(C)C)c(=O)c1C(C)(C)C. The van der Waals surface area contributed by atoms with E-state index in [2.05, 4.69) is 218 Å². The maximum absolute atomic E-state index is 12.6. The lowest BCUT2D eigenvalue weighted by Crippen LogP contribution is -2.56. The molecule has 13 heteroatoms. The van der Waals surface area contributed by atoms with E-state index in [1.165, 1.54) is 12.8 Å². The quantitative estimate of drug-likeness (QED) is 0.236. The number of rotatable bonds is 0. The van der Waals surface area contributed by atoms with E-state index in [1.807, 2.05) is 80.0 Å². The van der Waals surface area contributed by atoms with Crippen LogP contribution < -0.4 is 5.56 Å². The summed E-state index contributed by atoms with van der Waals surface area (Å²) in [5, 5.41) is 0. The Labute approximate surface area is 572 Å². The number of amides is 5. The van der Waals surface area contributed by atoms with Crippen LogP contribution in [0.4, 0.5) is 0 Å². The molecule has 5 saturated heterocycles. The third-order valence-electron chi connectivity index (χ3n) is 19.3. The molecule has 13 nitrogen and oxygen atoms in total. The van der Waals surface area contributed by atoms with Crippen molar-refractivity contribution in [3.8, 4) is 0 Å². The number of Topliss-reactive ketones (excluding diaryl/α,β-unsaturated/α-hetero) is 1. The van der Waals surface area contributed by atoms with Gasteiger partial charge in [0, 0.05) is 108 Å². The van der Waals surface area contributed by atoms with Gasteiger partial charge in [0.2, 0.25) is 29.5 Å². The number of aryl methyl sites for hydroxylation is 1. The molecule has 5 amide bonds. The summed E-state index contributed by atoms with van der Waals surface area (Å²) in [5.41, 5.74) is 1.67. The number of nitrogens with zero attached hydrogens (tertiary/aromatic N) is 6. The van der Waals surface area contributed by atoms with Gasteiger partial charge in [-0.2, -0.15) is 0 Å². The van der Waals surface area contributed by atoms with Crippen molar-refractivity contribution in [2.75, 3.05) is 32.7 Å². The van der Waals surface area contributed by atoms with Crippen LogP contribution in [0.15, 0.2) is 17.1 Å². The molecule has 5 aliphatic heterocycles. The lowest BCUT2D eigenvalue weighted by Gasteiger charge is -2.45. The van der Waals surface area contributed by atoms with Crippen LogP contribution in [0, 0.1) is 63.6 Å². The topological polar surface area (TPSA) is 141 Å². The van der Waals surface area contributed by atoms with Gasteiger partial charge in [0.05, 0.1) is 0 Å². The molecular weight excluding hydrogens is 1160 g/mol. The highest BCUT2D eigenvalue weighted by Crippen LogP contribution is 2.41.